The van der Waals surface area contributed by atoms with Crippen molar-refractivity contribution >= 4 is 23.3 Å². The number of esters is 1. The van der Waals surface area contributed by atoms with Crippen molar-refractivity contribution < 1.29 is 14.5 Å². The predicted octanol–water partition coefficient (Wildman–Crippen LogP) is 2.17. The van der Waals surface area contributed by atoms with Crippen LogP contribution >= 0.6 is 0 Å². The molecule has 0 spiro atoms. The topological polar surface area (TPSA) is 123 Å². The molecule has 0 aromatic carbocycles. The number of carbonyl (C=O) groups excluding carboxylic acids is 1. The first-order valence-electron chi connectivity index (χ1n) is 8.23. The van der Waals surface area contributed by atoms with Gasteiger partial charge in [0.05, 0.1) is 17.2 Å². The van der Waals surface area contributed by atoms with Crippen LogP contribution in [0.4, 0.5) is 17.3 Å². The average Bonchev–Trinajstić information content (AvgIpc) is 2.58. The first-order valence-corrected chi connectivity index (χ1v) is 8.23. The zero-order valence-corrected chi connectivity index (χ0v) is 15.7. The molecule has 0 aliphatic heterocycles. The van der Waals surface area contributed by atoms with E-state index in [4.69, 9.17) is 4.74 Å². The molecule has 0 fully saturated rings. The maximum atomic E-state index is 12.0. The van der Waals surface area contributed by atoms with Crippen molar-refractivity contribution in [1.29, 1.82) is 0 Å². The van der Waals surface area contributed by atoms with E-state index in [1.165, 1.54) is 18.3 Å². The lowest BCUT2D eigenvalue weighted by Gasteiger charge is -2.23. The summed E-state index contributed by atoms with van der Waals surface area (Å²) in [5.74, 6) is -0.447. The first kappa shape index (κ1) is 20.0. The SMILES string of the molecule is CN(CC(=O)OC(C)(C)C)c1ncnc(NCc2ccccn2)c1[N+](=O)[O-]. The fraction of sp³-hybridized carbons (Fsp3) is 0.412. The molecule has 0 saturated heterocycles. The molecule has 0 aliphatic carbocycles. The van der Waals surface area contributed by atoms with E-state index in [0.717, 1.165) is 0 Å². The van der Waals surface area contributed by atoms with E-state index in [-0.39, 0.29) is 30.4 Å². The summed E-state index contributed by atoms with van der Waals surface area (Å²) in [5, 5.41) is 14.5. The number of hydrogen-bond acceptors (Lipinski definition) is 9. The number of carbonyl (C=O) groups is 1. The van der Waals surface area contributed by atoms with E-state index in [1.807, 2.05) is 6.07 Å². The van der Waals surface area contributed by atoms with E-state index >= 15 is 0 Å². The van der Waals surface area contributed by atoms with Crippen molar-refractivity contribution in [3.05, 3.63) is 46.5 Å². The Balaban J connectivity index is 2.21. The molecular formula is C17H22N6O4. The van der Waals surface area contributed by atoms with Crippen LogP contribution in [0.3, 0.4) is 0 Å². The number of nitrogens with one attached hydrogen (secondary N) is 1. The van der Waals surface area contributed by atoms with Gasteiger partial charge in [0.25, 0.3) is 0 Å². The van der Waals surface area contributed by atoms with Crippen molar-refractivity contribution in [3.8, 4) is 0 Å². The van der Waals surface area contributed by atoms with Crippen molar-refractivity contribution in [2.45, 2.75) is 32.9 Å². The van der Waals surface area contributed by atoms with Crippen LogP contribution < -0.4 is 10.2 Å². The smallest absolute Gasteiger partial charge is 0.353 e. The summed E-state index contributed by atoms with van der Waals surface area (Å²) in [6, 6.07) is 5.38. The van der Waals surface area contributed by atoms with Crippen LogP contribution in [-0.2, 0) is 16.1 Å². The third kappa shape index (κ3) is 5.87. The molecule has 0 unspecified atom stereocenters. The molecule has 2 aromatic heterocycles. The number of nitro groups is 1. The molecule has 1 N–H and O–H groups in total. The summed E-state index contributed by atoms with van der Waals surface area (Å²) < 4.78 is 5.25. The van der Waals surface area contributed by atoms with Crippen LogP contribution in [0.2, 0.25) is 0 Å². The fourth-order valence-electron chi connectivity index (χ4n) is 2.27. The molecule has 0 amide bonds. The number of anilines is 2. The highest BCUT2D eigenvalue weighted by Crippen LogP contribution is 2.31. The highest BCUT2D eigenvalue weighted by atomic mass is 16.6. The second-order valence-electron chi connectivity index (χ2n) is 6.77. The Morgan fingerprint density at radius 1 is 1.30 bits per heavy atom. The molecule has 10 heteroatoms. The summed E-state index contributed by atoms with van der Waals surface area (Å²) in [4.78, 5) is 36.5. The van der Waals surface area contributed by atoms with Gasteiger partial charge in [-0.1, -0.05) is 6.07 Å². The Morgan fingerprint density at radius 2 is 2.04 bits per heavy atom. The van der Waals surface area contributed by atoms with Gasteiger partial charge < -0.3 is 15.0 Å². The average molecular weight is 374 g/mol. The molecule has 0 radical (unpaired) electrons. The molecule has 27 heavy (non-hydrogen) atoms. The van der Waals surface area contributed by atoms with Crippen LogP contribution in [0.25, 0.3) is 0 Å². The highest BCUT2D eigenvalue weighted by molar-refractivity contribution is 5.78. The maximum absolute atomic E-state index is 12.0. The summed E-state index contributed by atoms with van der Waals surface area (Å²) >= 11 is 0. The number of aromatic nitrogens is 3. The number of likely N-dealkylation sites (N-methyl/N-ethyl adjacent to an activating group) is 1. The van der Waals surface area contributed by atoms with Gasteiger partial charge in [-0.2, -0.15) is 0 Å². The normalized spacial score (nSPS) is 11.0. The summed E-state index contributed by atoms with van der Waals surface area (Å²) in [6.07, 6.45) is 2.83. The largest absolute Gasteiger partial charge is 0.459 e. The minimum absolute atomic E-state index is 0.0179. The van der Waals surface area contributed by atoms with Crippen LogP contribution in [0.5, 0.6) is 0 Å². The monoisotopic (exact) mass is 374 g/mol. The van der Waals surface area contributed by atoms with Crippen LogP contribution in [-0.4, -0.2) is 45.0 Å². The molecule has 0 aliphatic rings. The van der Waals surface area contributed by atoms with Crippen molar-refractivity contribution in [1.82, 2.24) is 15.0 Å². The molecule has 2 aromatic rings. The van der Waals surface area contributed by atoms with Gasteiger partial charge >= 0.3 is 11.7 Å². The Labute approximate surface area is 156 Å². The fourth-order valence-corrected chi connectivity index (χ4v) is 2.27. The highest BCUT2D eigenvalue weighted by Gasteiger charge is 2.27. The van der Waals surface area contributed by atoms with E-state index in [0.29, 0.717) is 5.69 Å². The molecule has 2 rings (SSSR count). The minimum Gasteiger partial charge on any atom is -0.459 e. The molecule has 0 bridgehead atoms. The van der Waals surface area contributed by atoms with Crippen LogP contribution in [0, 0.1) is 10.1 Å². The van der Waals surface area contributed by atoms with Gasteiger partial charge in [-0.05, 0) is 32.9 Å². The van der Waals surface area contributed by atoms with Crippen molar-refractivity contribution in [3.63, 3.8) is 0 Å². The lowest BCUT2D eigenvalue weighted by molar-refractivity contribution is -0.383. The summed E-state index contributed by atoms with van der Waals surface area (Å²) in [6.45, 7) is 5.32. The summed E-state index contributed by atoms with van der Waals surface area (Å²) in [5.41, 5.74) is -0.265. The van der Waals surface area contributed by atoms with Gasteiger partial charge in [0.1, 0.15) is 18.5 Å². The van der Waals surface area contributed by atoms with Gasteiger partial charge in [0.2, 0.25) is 11.6 Å². The molecule has 144 valence electrons. The second kappa shape index (κ2) is 8.39. The number of rotatable bonds is 7. The Hall–Kier alpha value is -3.30. The Morgan fingerprint density at radius 3 is 2.63 bits per heavy atom. The molecular weight excluding hydrogens is 352 g/mol. The van der Waals surface area contributed by atoms with Gasteiger partial charge in [-0.3, -0.25) is 19.9 Å². The maximum Gasteiger partial charge on any atom is 0.353 e. The Bertz CT molecular complexity index is 807. The summed E-state index contributed by atoms with van der Waals surface area (Å²) in [7, 11) is 1.53. The van der Waals surface area contributed by atoms with Gasteiger partial charge in [0, 0.05) is 13.2 Å². The third-order valence-electron chi connectivity index (χ3n) is 3.30. The molecule has 2 heterocycles. The van der Waals surface area contributed by atoms with E-state index < -0.39 is 16.5 Å². The van der Waals surface area contributed by atoms with E-state index in [2.05, 4.69) is 20.3 Å². The van der Waals surface area contributed by atoms with Crippen molar-refractivity contribution in [2.75, 3.05) is 23.8 Å². The standard InChI is InChI=1S/C17H22N6O4/c1-17(2,3)27-13(24)10-22(4)16-14(23(25)26)15(20-11-21-16)19-9-12-7-5-6-8-18-12/h5-8,11H,9-10H2,1-4H3,(H,19,20,21). The number of pyridine rings is 1. The molecule has 10 nitrogen and oxygen atoms in total. The first-order chi connectivity index (χ1) is 12.7. The third-order valence-corrected chi connectivity index (χ3v) is 3.30. The van der Waals surface area contributed by atoms with E-state index in [9.17, 15) is 14.9 Å². The van der Waals surface area contributed by atoms with Crippen LogP contribution in [0.15, 0.2) is 30.7 Å². The zero-order chi connectivity index (χ0) is 20.0. The lowest BCUT2D eigenvalue weighted by atomic mass is 10.2. The molecule has 0 atom stereocenters. The van der Waals surface area contributed by atoms with E-state index in [1.54, 1.807) is 39.1 Å². The second-order valence-corrected chi connectivity index (χ2v) is 6.77. The number of hydrogen-bond donors (Lipinski definition) is 1. The lowest BCUT2D eigenvalue weighted by Crippen LogP contribution is -2.33. The van der Waals surface area contributed by atoms with Crippen molar-refractivity contribution in [2.24, 2.45) is 0 Å². The van der Waals surface area contributed by atoms with Gasteiger partial charge in [-0.25, -0.2) is 9.97 Å². The predicted molar refractivity (Wildman–Crippen MR) is 99.4 cm³/mol. The number of nitrogens with zero attached hydrogens (tertiary/aromatic N) is 5. The quantitative estimate of drug-likeness (QED) is 0.441. The van der Waals surface area contributed by atoms with Crippen LogP contribution in [0.1, 0.15) is 26.5 Å². The van der Waals surface area contributed by atoms with Gasteiger partial charge in [0.15, 0.2) is 0 Å². The van der Waals surface area contributed by atoms with Gasteiger partial charge in [-0.15, -0.1) is 0 Å². The zero-order valence-electron chi connectivity index (χ0n) is 15.7. The minimum atomic E-state index is -0.648. The Kier molecular flexibility index (Phi) is 6.22. The molecule has 0 saturated carbocycles. The number of ether oxygens (including phenoxy) is 1.